The second kappa shape index (κ2) is 9.41. The van der Waals surface area contributed by atoms with E-state index in [1.165, 1.54) is 5.56 Å². The van der Waals surface area contributed by atoms with Gasteiger partial charge in [0.25, 0.3) is 5.91 Å². The summed E-state index contributed by atoms with van der Waals surface area (Å²) in [7, 11) is 2.11. The van der Waals surface area contributed by atoms with Crippen molar-refractivity contribution in [3.8, 4) is 0 Å². The van der Waals surface area contributed by atoms with E-state index in [1.807, 2.05) is 41.8 Å². The Bertz CT molecular complexity index is 691. The molecule has 1 aromatic rings. The third-order valence-corrected chi connectivity index (χ3v) is 5.73. The number of hydrogen-bond acceptors (Lipinski definition) is 3. The summed E-state index contributed by atoms with van der Waals surface area (Å²) in [6.07, 6.45) is 3.06. The lowest BCUT2D eigenvalue weighted by atomic mass is 9.89. The molecule has 1 unspecified atom stereocenters. The Morgan fingerprint density at radius 1 is 1.04 bits per heavy atom. The minimum atomic E-state index is 0.0145. The van der Waals surface area contributed by atoms with E-state index < -0.39 is 0 Å². The number of likely N-dealkylation sites (N-methyl/N-ethyl adjacent to an activating group) is 1. The van der Waals surface area contributed by atoms with Gasteiger partial charge in [-0.2, -0.15) is 0 Å². The van der Waals surface area contributed by atoms with Crippen molar-refractivity contribution in [2.24, 2.45) is 0 Å². The van der Waals surface area contributed by atoms with Crippen molar-refractivity contribution < 1.29 is 9.59 Å². The molecule has 0 radical (unpaired) electrons. The van der Waals surface area contributed by atoms with Crippen molar-refractivity contribution in [3.05, 3.63) is 35.4 Å². The molecule has 3 rings (SSSR count). The number of nitrogens with zero attached hydrogens (tertiary/aromatic N) is 3. The molecule has 1 aromatic carbocycles. The Morgan fingerprint density at radius 3 is 2.61 bits per heavy atom. The normalized spacial score (nSPS) is 21.5. The van der Waals surface area contributed by atoms with Gasteiger partial charge in [0, 0.05) is 50.2 Å². The highest BCUT2D eigenvalue weighted by atomic mass is 16.2. The number of likely N-dealkylation sites (tertiary alicyclic amines) is 1. The summed E-state index contributed by atoms with van der Waals surface area (Å²) in [4.78, 5) is 31.6. The van der Waals surface area contributed by atoms with Gasteiger partial charge in [-0.05, 0) is 64.4 Å². The first-order chi connectivity index (χ1) is 13.4. The third-order valence-electron chi connectivity index (χ3n) is 5.73. The minimum Gasteiger partial charge on any atom is -0.337 e. The molecule has 0 spiro atoms. The molecule has 2 heterocycles. The summed E-state index contributed by atoms with van der Waals surface area (Å²) in [6, 6.07) is 8.21. The predicted molar refractivity (Wildman–Crippen MR) is 112 cm³/mol. The number of benzene rings is 1. The van der Waals surface area contributed by atoms with Crippen LogP contribution in [-0.2, 0) is 0 Å². The van der Waals surface area contributed by atoms with E-state index in [1.54, 1.807) is 0 Å². The molecule has 28 heavy (non-hydrogen) atoms. The first-order valence-corrected chi connectivity index (χ1v) is 10.6. The second-order valence-electron chi connectivity index (χ2n) is 8.46. The van der Waals surface area contributed by atoms with Crippen molar-refractivity contribution in [1.82, 2.24) is 20.0 Å². The summed E-state index contributed by atoms with van der Waals surface area (Å²) in [5.74, 6) is 0.414. The van der Waals surface area contributed by atoms with Crippen LogP contribution >= 0.6 is 0 Å². The summed E-state index contributed by atoms with van der Waals surface area (Å²) in [5.41, 5.74) is 1.94. The van der Waals surface area contributed by atoms with Gasteiger partial charge in [-0.1, -0.05) is 12.1 Å². The molecule has 0 bridgehead atoms. The van der Waals surface area contributed by atoms with Crippen molar-refractivity contribution in [3.63, 3.8) is 0 Å². The third kappa shape index (κ3) is 5.25. The molecule has 0 aliphatic carbocycles. The molecule has 2 aliphatic rings. The zero-order valence-corrected chi connectivity index (χ0v) is 17.5. The molecule has 3 amide bonds. The average Bonchev–Trinajstić information content (AvgIpc) is 2.91. The van der Waals surface area contributed by atoms with E-state index in [-0.39, 0.29) is 23.9 Å². The van der Waals surface area contributed by atoms with Gasteiger partial charge in [0.1, 0.15) is 0 Å². The van der Waals surface area contributed by atoms with Crippen LogP contribution in [0.4, 0.5) is 4.79 Å². The molecule has 2 saturated heterocycles. The van der Waals surface area contributed by atoms with E-state index in [0.717, 1.165) is 57.5 Å². The predicted octanol–water partition coefficient (Wildman–Crippen LogP) is 2.76. The van der Waals surface area contributed by atoms with Gasteiger partial charge in [0.2, 0.25) is 0 Å². The van der Waals surface area contributed by atoms with Gasteiger partial charge in [-0.3, -0.25) is 4.79 Å². The standard InChI is InChI=1S/C22H34N4O2/c1-17(2)23-22(28)26-11-5-9-20(16-26)18-7-4-8-19(15-18)21(27)25-12-6-10-24(3)13-14-25/h4,7-8,15,17,20H,5-6,9-14,16H2,1-3H3,(H,23,28). The number of piperidine rings is 1. The van der Waals surface area contributed by atoms with Crippen LogP contribution < -0.4 is 5.32 Å². The maximum Gasteiger partial charge on any atom is 0.317 e. The van der Waals surface area contributed by atoms with Crippen molar-refractivity contribution in [2.45, 2.75) is 45.1 Å². The summed E-state index contributed by atoms with van der Waals surface area (Å²) in [6.45, 7) is 9.05. The fraction of sp³-hybridized carbons (Fsp3) is 0.636. The molecular weight excluding hydrogens is 352 g/mol. The van der Waals surface area contributed by atoms with Crippen LogP contribution in [-0.4, -0.2) is 79.0 Å². The average molecular weight is 387 g/mol. The summed E-state index contributed by atoms with van der Waals surface area (Å²) >= 11 is 0. The van der Waals surface area contributed by atoms with E-state index in [4.69, 9.17) is 0 Å². The lowest BCUT2D eigenvalue weighted by molar-refractivity contribution is 0.0762. The first-order valence-electron chi connectivity index (χ1n) is 10.6. The minimum absolute atomic E-state index is 0.0145. The van der Waals surface area contributed by atoms with Crippen molar-refractivity contribution >= 4 is 11.9 Å². The molecule has 0 aromatic heterocycles. The number of amides is 3. The van der Waals surface area contributed by atoms with E-state index in [0.29, 0.717) is 6.54 Å². The Kier molecular flexibility index (Phi) is 6.94. The van der Waals surface area contributed by atoms with Crippen molar-refractivity contribution in [2.75, 3.05) is 46.3 Å². The number of nitrogens with one attached hydrogen (secondary N) is 1. The molecular formula is C22H34N4O2. The molecule has 154 valence electrons. The topological polar surface area (TPSA) is 55.9 Å². The Hall–Kier alpha value is -2.08. The molecule has 6 nitrogen and oxygen atoms in total. The smallest absolute Gasteiger partial charge is 0.317 e. The quantitative estimate of drug-likeness (QED) is 0.869. The zero-order valence-electron chi connectivity index (χ0n) is 17.5. The maximum absolute atomic E-state index is 13.0. The lowest BCUT2D eigenvalue weighted by Gasteiger charge is -2.33. The Balaban J connectivity index is 1.68. The van der Waals surface area contributed by atoms with Crippen LogP contribution in [0, 0.1) is 0 Å². The Morgan fingerprint density at radius 2 is 1.82 bits per heavy atom. The van der Waals surface area contributed by atoms with E-state index in [2.05, 4.69) is 23.3 Å². The highest BCUT2D eigenvalue weighted by molar-refractivity contribution is 5.94. The van der Waals surface area contributed by atoms with Gasteiger partial charge >= 0.3 is 6.03 Å². The number of urea groups is 1. The van der Waals surface area contributed by atoms with Crippen LogP contribution in [0.25, 0.3) is 0 Å². The van der Waals surface area contributed by atoms with Gasteiger partial charge < -0.3 is 20.0 Å². The number of hydrogen-bond donors (Lipinski definition) is 1. The molecule has 2 aliphatic heterocycles. The lowest BCUT2D eigenvalue weighted by Crippen LogP contribution is -2.47. The number of rotatable bonds is 3. The monoisotopic (exact) mass is 386 g/mol. The van der Waals surface area contributed by atoms with Gasteiger partial charge in [-0.25, -0.2) is 4.79 Å². The highest BCUT2D eigenvalue weighted by Crippen LogP contribution is 2.28. The van der Waals surface area contributed by atoms with E-state index >= 15 is 0 Å². The molecule has 0 saturated carbocycles. The van der Waals surface area contributed by atoms with Crippen LogP contribution in [0.2, 0.25) is 0 Å². The first kappa shape index (κ1) is 20.6. The van der Waals surface area contributed by atoms with Crippen LogP contribution in [0.1, 0.15) is 54.9 Å². The van der Waals surface area contributed by atoms with E-state index in [9.17, 15) is 9.59 Å². The fourth-order valence-electron chi connectivity index (χ4n) is 4.13. The molecule has 1 atom stereocenters. The van der Waals surface area contributed by atoms with Gasteiger partial charge in [-0.15, -0.1) is 0 Å². The fourth-order valence-corrected chi connectivity index (χ4v) is 4.13. The largest absolute Gasteiger partial charge is 0.337 e. The van der Waals surface area contributed by atoms with Gasteiger partial charge in [0.15, 0.2) is 0 Å². The second-order valence-corrected chi connectivity index (χ2v) is 8.46. The summed E-state index contributed by atoms with van der Waals surface area (Å²) in [5, 5.41) is 2.99. The molecule has 2 fully saturated rings. The molecule has 6 heteroatoms. The number of carbonyl (C=O) groups excluding carboxylic acids is 2. The van der Waals surface area contributed by atoms with Crippen LogP contribution in [0.5, 0.6) is 0 Å². The van der Waals surface area contributed by atoms with Crippen LogP contribution in [0.3, 0.4) is 0 Å². The zero-order chi connectivity index (χ0) is 20.1. The van der Waals surface area contributed by atoms with Gasteiger partial charge in [0.05, 0.1) is 0 Å². The SMILES string of the molecule is CC(C)NC(=O)N1CCCC(c2cccc(C(=O)N3CCCN(C)CC3)c2)C1. The van der Waals surface area contributed by atoms with Crippen molar-refractivity contribution in [1.29, 1.82) is 0 Å². The molecule has 1 N–H and O–H groups in total. The van der Waals surface area contributed by atoms with Crippen LogP contribution in [0.15, 0.2) is 24.3 Å². The summed E-state index contributed by atoms with van der Waals surface area (Å²) < 4.78 is 0. The Labute approximate surface area is 168 Å². The maximum atomic E-state index is 13.0. The number of carbonyl (C=O) groups is 2. The highest BCUT2D eigenvalue weighted by Gasteiger charge is 2.26.